The molecule has 0 spiro atoms. The van der Waals surface area contributed by atoms with Crippen LogP contribution in [-0.4, -0.2) is 16.1 Å². The van der Waals surface area contributed by atoms with Gasteiger partial charge in [0.05, 0.1) is 17.7 Å². The molecule has 0 saturated heterocycles. The molecular formula is C14H10F3NO2. The van der Waals surface area contributed by atoms with Gasteiger partial charge < -0.3 is 5.11 Å². The molecule has 0 aliphatic rings. The standard InChI is InChI=1S/C14H10F3NO2/c15-14(16,17)11-3-1-2-10(7-11)12-5-4-9(8-18-12)6-13(19)20/h1-5,7-8H,6H2,(H,19,20). The molecule has 0 radical (unpaired) electrons. The maximum absolute atomic E-state index is 12.6. The van der Waals surface area contributed by atoms with Crippen LogP contribution in [0.2, 0.25) is 0 Å². The van der Waals surface area contributed by atoms with Crippen molar-refractivity contribution < 1.29 is 23.1 Å². The lowest BCUT2D eigenvalue weighted by atomic mass is 10.1. The summed E-state index contributed by atoms with van der Waals surface area (Å²) in [4.78, 5) is 14.5. The van der Waals surface area contributed by atoms with Crippen molar-refractivity contribution >= 4 is 5.97 Å². The van der Waals surface area contributed by atoms with Gasteiger partial charge in [0.2, 0.25) is 0 Å². The average molecular weight is 281 g/mol. The number of carbonyl (C=O) groups is 1. The van der Waals surface area contributed by atoms with E-state index in [1.54, 1.807) is 0 Å². The first-order valence-electron chi connectivity index (χ1n) is 5.70. The van der Waals surface area contributed by atoms with Gasteiger partial charge in [0, 0.05) is 11.8 Å². The molecule has 3 nitrogen and oxygen atoms in total. The van der Waals surface area contributed by atoms with Gasteiger partial charge in [-0.3, -0.25) is 9.78 Å². The lowest BCUT2D eigenvalue weighted by Crippen LogP contribution is -2.04. The zero-order valence-electron chi connectivity index (χ0n) is 10.2. The van der Waals surface area contributed by atoms with Crippen LogP contribution in [0.15, 0.2) is 42.6 Å². The quantitative estimate of drug-likeness (QED) is 0.938. The summed E-state index contributed by atoms with van der Waals surface area (Å²) in [6.45, 7) is 0. The van der Waals surface area contributed by atoms with Crippen molar-refractivity contribution in [1.29, 1.82) is 0 Å². The molecule has 104 valence electrons. The normalized spacial score (nSPS) is 11.3. The van der Waals surface area contributed by atoms with Crippen LogP contribution in [0.3, 0.4) is 0 Å². The van der Waals surface area contributed by atoms with E-state index in [2.05, 4.69) is 4.98 Å². The van der Waals surface area contributed by atoms with Crippen LogP contribution in [0.5, 0.6) is 0 Å². The minimum absolute atomic E-state index is 0.171. The Kier molecular flexibility index (Phi) is 3.74. The molecule has 2 aromatic rings. The topological polar surface area (TPSA) is 50.2 Å². The third-order valence-corrected chi connectivity index (χ3v) is 2.67. The average Bonchev–Trinajstić information content (AvgIpc) is 2.38. The number of rotatable bonds is 3. The molecule has 0 aliphatic heterocycles. The summed E-state index contributed by atoms with van der Waals surface area (Å²) in [5.41, 5.74) is 0.451. The first-order chi connectivity index (χ1) is 9.36. The number of benzene rings is 1. The third kappa shape index (κ3) is 3.34. The number of nitrogens with zero attached hydrogens (tertiary/aromatic N) is 1. The monoisotopic (exact) mass is 281 g/mol. The van der Waals surface area contributed by atoms with Crippen molar-refractivity contribution in [3.8, 4) is 11.3 Å². The highest BCUT2D eigenvalue weighted by Gasteiger charge is 2.30. The SMILES string of the molecule is O=C(O)Cc1ccc(-c2cccc(C(F)(F)F)c2)nc1. The third-order valence-electron chi connectivity index (χ3n) is 2.67. The summed E-state index contributed by atoms with van der Waals surface area (Å²) in [5.74, 6) is -0.987. The van der Waals surface area contributed by atoms with E-state index in [4.69, 9.17) is 5.11 Å². The van der Waals surface area contributed by atoms with Gasteiger partial charge in [-0.15, -0.1) is 0 Å². The van der Waals surface area contributed by atoms with Gasteiger partial charge in [-0.1, -0.05) is 18.2 Å². The number of halogens is 3. The first kappa shape index (κ1) is 14.0. The van der Waals surface area contributed by atoms with Gasteiger partial charge in [0.15, 0.2) is 0 Å². The second-order valence-electron chi connectivity index (χ2n) is 4.20. The highest BCUT2D eigenvalue weighted by atomic mass is 19.4. The van der Waals surface area contributed by atoms with E-state index in [0.717, 1.165) is 12.1 Å². The predicted octanol–water partition coefficient (Wildman–Crippen LogP) is 3.39. The van der Waals surface area contributed by atoms with Crippen molar-refractivity contribution in [3.05, 3.63) is 53.7 Å². The van der Waals surface area contributed by atoms with E-state index in [1.807, 2.05) is 0 Å². The van der Waals surface area contributed by atoms with Crippen LogP contribution in [-0.2, 0) is 17.4 Å². The highest BCUT2D eigenvalue weighted by molar-refractivity contribution is 5.70. The number of hydrogen-bond acceptors (Lipinski definition) is 2. The number of carboxylic acid groups (broad SMARTS) is 1. The minimum Gasteiger partial charge on any atom is -0.481 e. The van der Waals surface area contributed by atoms with E-state index >= 15 is 0 Å². The van der Waals surface area contributed by atoms with Crippen LogP contribution >= 0.6 is 0 Å². The fourth-order valence-electron chi connectivity index (χ4n) is 1.73. The fourth-order valence-corrected chi connectivity index (χ4v) is 1.73. The molecule has 0 bridgehead atoms. The molecule has 0 amide bonds. The molecule has 2 rings (SSSR count). The maximum Gasteiger partial charge on any atom is 0.416 e. The summed E-state index contributed by atoms with van der Waals surface area (Å²) in [6.07, 6.45) is -3.22. The molecule has 0 saturated carbocycles. The Morgan fingerprint density at radius 3 is 2.50 bits per heavy atom. The number of hydrogen-bond donors (Lipinski definition) is 1. The zero-order valence-corrected chi connectivity index (χ0v) is 10.2. The van der Waals surface area contributed by atoms with Crippen LogP contribution in [0.25, 0.3) is 11.3 Å². The lowest BCUT2D eigenvalue weighted by Gasteiger charge is -2.08. The van der Waals surface area contributed by atoms with Crippen LogP contribution in [0.4, 0.5) is 13.2 Å². The van der Waals surface area contributed by atoms with Crippen molar-refractivity contribution in [2.24, 2.45) is 0 Å². The summed E-state index contributed by atoms with van der Waals surface area (Å²) >= 11 is 0. The molecule has 0 atom stereocenters. The molecular weight excluding hydrogens is 271 g/mol. The summed E-state index contributed by atoms with van der Waals surface area (Å²) in [6, 6.07) is 7.88. The molecule has 1 N–H and O–H groups in total. The van der Waals surface area contributed by atoms with Gasteiger partial charge in [0.25, 0.3) is 0 Å². The fraction of sp³-hybridized carbons (Fsp3) is 0.143. The summed E-state index contributed by atoms with van der Waals surface area (Å²) in [7, 11) is 0. The Labute approximate surface area is 112 Å². The minimum atomic E-state index is -4.40. The largest absolute Gasteiger partial charge is 0.481 e. The van der Waals surface area contributed by atoms with Crippen molar-refractivity contribution in [2.45, 2.75) is 12.6 Å². The Morgan fingerprint density at radius 2 is 1.95 bits per heavy atom. The Bertz CT molecular complexity index is 621. The highest BCUT2D eigenvalue weighted by Crippen LogP contribution is 2.31. The van der Waals surface area contributed by atoms with Crippen LogP contribution in [0.1, 0.15) is 11.1 Å². The second-order valence-corrected chi connectivity index (χ2v) is 4.20. The van der Waals surface area contributed by atoms with Gasteiger partial charge in [-0.25, -0.2) is 0 Å². The maximum atomic E-state index is 12.6. The molecule has 1 aromatic heterocycles. The van der Waals surface area contributed by atoms with Gasteiger partial charge in [0.1, 0.15) is 0 Å². The van der Waals surface area contributed by atoms with E-state index in [0.29, 0.717) is 16.8 Å². The van der Waals surface area contributed by atoms with E-state index in [9.17, 15) is 18.0 Å². The number of pyridine rings is 1. The van der Waals surface area contributed by atoms with Gasteiger partial charge >= 0.3 is 12.1 Å². The smallest absolute Gasteiger partial charge is 0.416 e. The van der Waals surface area contributed by atoms with Crippen molar-refractivity contribution in [2.75, 3.05) is 0 Å². The molecule has 1 aromatic carbocycles. The Balaban J connectivity index is 2.30. The number of alkyl halides is 3. The van der Waals surface area contributed by atoms with Crippen LogP contribution < -0.4 is 0 Å². The molecule has 0 aliphatic carbocycles. The van der Waals surface area contributed by atoms with Gasteiger partial charge in [-0.2, -0.15) is 13.2 Å². The molecule has 20 heavy (non-hydrogen) atoms. The van der Waals surface area contributed by atoms with E-state index in [1.165, 1.54) is 30.5 Å². The van der Waals surface area contributed by atoms with Crippen LogP contribution in [0, 0.1) is 0 Å². The Hall–Kier alpha value is -2.37. The second kappa shape index (κ2) is 5.32. The number of aliphatic carboxylic acids is 1. The van der Waals surface area contributed by atoms with Gasteiger partial charge in [-0.05, 0) is 23.8 Å². The lowest BCUT2D eigenvalue weighted by molar-refractivity contribution is -0.138. The predicted molar refractivity (Wildman–Crippen MR) is 66.0 cm³/mol. The molecule has 1 heterocycles. The molecule has 0 unspecified atom stereocenters. The van der Waals surface area contributed by atoms with Crippen molar-refractivity contribution in [3.63, 3.8) is 0 Å². The summed E-state index contributed by atoms with van der Waals surface area (Å²) in [5, 5.41) is 8.63. The number of carboxylic acids is 1. The van der Waals surface area contributed by atoms with Crippen molar-refractivity contribution in [1.82, 2.24) is 4.98 Å². The number of aromatic nitrogens is 1. The Morgan fingerprint density at radius 1 is 1.20 bits per heavy atom. The molecule has 0 fully saturated rings. The van der Waals surface area contributed by atoms with E-state index < -0.39 is 17.7 Å². The van der Waals surface area contributed by atoms with E-state index in [-0.39, 0.29) is 6.42 Å². The zero-order chi connectivity index (χ0) is 14.8. The first-order valence-corrected chi connectivity index (χ1v) is 5.70. The molecule has 6 heteroatoms. The summed E-state index contributed by atoms with van der Waals surface area (Å²) < 4.78 is 37.8.